The predicted octanol–water partition coefficient (Wildman–Crippen LogP) is 3.52. The van der Waals surface area contributed by atoms with E-state index >= 15 is 0 Å². The Morgan fingerprint density at radius 2 is 2.06 bits per heavy atom. The smallest absolute Gasteiger partial charge is 0.337 e. The Morgan fingerprint density at radius 1 is 1.32 bits per heavy atom. The number of aromatic carboxylic acids is 1. The van der Waals surface area contributed by atoms with E-state index in [1.54, 1.807) is 31.4 Å². The molecule has 158 valence electrons. The predicted molar refractivity (Wildman–Crippen MR) is 117 cm³/mol. The van der Waals surface area contributed by atoms with Crippen LogP contribution in [-0.4, -0.2) is 47.3 Å². The van der Waals surface area contributed by atoms with E-state index in [1.165, 1.54) is 0 Å². The van der Waals surface area contributed by atoms with Crippen LogP contribution in [0.1, 0.15) is 40.1 Å². The van der Waals surface area contributed by atoms with E-state index in [-0.39, 0.29) is 23.4 Å². The van der Waals surface area contributed by atoms with Gasteiger partial charge in [-0.2, -0.15) is 5.26 Å². The second-order valence-corrected chi connectivity index (χ2v) is 7.71. The van der Waals surface area contributed by atoms with Gasteiger partial charge >= 0.3 is 5.97 Å². The summed E-state index contributed by atoms with van der Waals surface area (Å²) in [5.41, 5.74) is 4.22. The van der Waals surface area contributed by atoms with Crippen LogP contribution < -0.4 is 10.2 Å². The summed E-state index contributed by atoms with van der Waals surface area (Å²) in [6, 6.07) is 12.7. The number of nitriles is 1. The zero-order chi connectivity index (χ0) is 22.1. The number of anilines is 2. The number of hydrogen-bond donors (Lipinski definition) is 2. The molecule has 2 heterocycles. The van der Waals surface area contributed by atoms with Gasteiger partial charge in [-0.1, -0.05) is 18.2 Å². The maximum absolute atomic E-state index is 11.6. The second-order valence-electron chi connectivity index (χ2n) is 7.71. The Balaban J connectivity index is 1.77. The van der Waals surface area contributed by atoms with Gasteiger partial charge in [0.05, 0.1) is 28.7 Å². The summed E-state index contributed by atoms with van der Waals surface area (Å²) in [6.07, 6.45) is 0.120. The van der Waals surface area contributed by atoms with Crippen molar-refractivity contribution in [2.45, 2.75) is 26.0 Å². The highest BCUT2D eigenvalue weighted by Gasteiger charge is 2.30. The second kappa shape index (κ2) is 8.20. The highest BCUT2D eigenvalue weighted by Crippen LogP contribution is 2.31. The van der Waals surface area contributed by atoms with Crippen LogP contribution in [0.5, 0.6) is 0 Å². The normalized spacial score (nSPS) is 14.7. The molecule has 0 spiro atoms. The number of methoxy groups -OCH3 is 1. The van der Waals surface area contributed by atoms with Gasteiger partial charge in [-0.15, -0.1) is 0 Å². The highest BCUT2D eigenvalue weighted by atomic mass is 16.5. The molecule has 1 aromatic heterocycles. The third-order valence-electron chi connectivity index (χ3n) is 5.51. The molecular weight excluding hydrogens is 394 g/mol. The topological polar surface area (TPSA) is 111 Å². The molecule has 1 atom stereocenters. The fourth-order valence-corrected chi connectivity index (χ4v) is 3.82. The number of nitrogens with one attached hydrogen (secondary N) is 1. The van der Waals surface area contributed by atoms with Crippen LogP contribution in [-0.2, 0) is 4.74 Å². The number of rotatable bonds is 6. The van der Waals surface area contributed by atoms with Crippen LogP contribution in [0.15, 0.2) is 36.4 Å². The number of carboxylic acid groups (broad SMARTS) is 1. The van der Waals surface area contributed by atoms with E-state index in [9.17, 15) is 15.2 Å². The first-order valence-electron chi connectivity index (χ1n) is 10.00. The molecule has 0 radical (unpaired) electrons. The van der Waals surface area contributed by atoms with Crippen LogP contribution in [0.3, 0.4) is 0 Å². The molecule has 1 saturated heterocycles. The largest absolute Gasteiger partial charge is 0.478 e. The molecule has 0 saturated carbocycles. The van der Waals surface area contributed by atoms with E-state index in [2.05, 4.69) is 16.4 Å². The third-order valence-corrected chi connectivity index (χ3v) is 5.51. The van der Waals surface area contributed by atoms with Gasteiger partial charge in [-0.25, -0.2) is 14.8 Å². The van der Waals surface area contributed by atoms with Crippen LogP contribution in [0.2, 0.25) is 0 Å². The molecule has 31 heavy (non-hydrogen) atoms. The molecule has 0 bridgehead atoms. The summed E-state index contributed by atoms with van der Waals surface area (Å²) in [7, 11) is 1.67. The molecule has 2 N–H and O–H groups in total. The minimum absolute atomic E-state index is 0.120. The van der Waals surface area contributed by atoms with Gasteiger partial charge in [-0.3, -0.25) is 0 Å². The zero-order valence-corrected chi connectivity index (χ0v) is 17.6. The number of ether oxygens (including phenoxy) is 1. The Morgan fingerprint density at radius 3 is 2.74 bits per heavy atom. The quantitative estimate of drug-likeness (QED) is 0.627. The van der Waals surface area contributed by atoms with Gasteiger partial charge in [0, 0.05) is 31.5 Å². The van der Waals surface area contributed by atoms with Crippen LogP contribution in [0.4, 0.5) is 11.5 Å². The molecule has 1 aliphatic heterocycles. The van der Waals surface area contributed by atoms with Gasteiger partial charge in [-0.05, 0) is 37.6 Å². The molecule has 0 aliphatic carbocycles. The van der Waals surface area contributed by atoms with Crippen molar-refractivity contribution in [3.8, 4) is 6.07 Å². The van der Waals surface area contributed by atoms with Crippen LogP contribution >= 0.6 is 0 Å². The number of aromatic nitrogens is 2. The molecule has 8 heteroatoms. The Kier molecular flexibility index (Phi) is 5.44. The lowest BCUT2D eigenvalue weighted by molar-refractivity contribution is 0.0697. The molecule has 4 rings (SSSR count). The fraction of sp³-hybridized carbons (Fsp3) is 0.304. The van der Waals surface area contributed by atoms with Gasteiger partial charge in [0.2, 0.25) is 0 Å². The van der Waals surface area contributed by atoms with Gasteiger partial charge in [0.1, 0.15) is 6.07 Å². The van der Waals surface area contributed by atoms with Crippen molar-refractivity contribution in [3.05, 3.63) is 58.8 Å². The highest BCUT2D eigenvalue weighted by molar-refractivity contribution is 5.94. The number of aryl methyl sites for hydroxylation is 1. The van der Waals surface area contributed by atoms with Crippen molar-refractivity contribution in [2.24, 2.45) is 0 Å². The summed E-state index contributed by atoms with van der Waals surface area (Å²) < 4.78 is 5.34. The maximum Gasteiger partial charge on any atom is 0.337 e. The number of carboxylic acids is 1. The van der Waals surface area contributed by atoms with Crippen LogP contribution in [0, 0.1) is 18.3 Å². The average Bonchev–Trinajstić information content (AvgIpc) is 2.72. The molecule has 8 nitrogen and oxygen atoms in total. The molecule has 0 amide bonds. The van der Waals surface area contributed by atoms with E-state index in [0.29, 0.717) is 35.6 Å². The Hall–Kier alpha value is -3.70. The van der Waals surface area contributed by atoms with Crippen molar-refractivity contribution < 1.29 is 14.6 Å². The molecule has 3 aromatic rings. The number of benzene rings is 2. The molecular formula is C23H23N5O3. The van der Waals surface area contributed by atoms with Crippen molar-refractivity contribution in [3.63, 3.8) is 0 Å². The van der Waals surface area contributed by atoms with E-state index in [1.807, 2.05) is 30.9 Å². The Bertz CT molecular complexity index is 1200. The molecule has 0 unspecified atom stereocenters. The maximum atomic E-state index is 11.6. The monoisotopic (exact) mass is 417 g/mol. The summed E-state index contributed by atoms with van der Waals surface area (Å²) in [5, 5.41) is 22.4. The summed E-state index contributed by atoms with van der Waals surface area (Å²) in [5.74, 6) is -0.442. The van der Waals surface area contributed by atoms with E-state index in [0.717, 1.165) is 11.1 Å². The average molecular weight is 417 g/mol. The van der Waals surface area contributed by atoms with Crippen LogP contribution in [0.25, 0.3) is 11.0 Å². The van der Waals surface area contributed by atoms with E-state index in [4.69, 9.17) is 9.72 Å². The number of nitrogens with zero attached hydrogens (tertiary/aromatic N) is 4. The number of para-hydroxylation sites is 1. The summed E-state index contributed by atoms with van der Waals surface area (Å²) >= 11 is 0. The molecule has 1 aliphatic rings. The fourth-order valence-electron chi connectivity index (χ4n) is 3.82. The first-order valence-corrected chi connectivity index (χ1v) is 10.00. The lowest BCUT2D eigenvalue weighted by atomic mass is 10.0. The molecule has 2 aromatic carbocycles. The van der Waals surface area contributed by atoms with E-state index < -0.39 is 5.97 Å². The van der Waals surface area contributed by atoms with Gasteiger partial charge in [0.15, 0.2) is 11.5 Å². The standard InChI is InChI=1S/C23H23N5O3/c1-13-8-17(14(2)25-18-7-5-4-6-16(18)23(29)30)21-19(9-13)26-20(10-24)22(27-21)28-11-15(12-28)31-3/h4-9,14-15,25H,11-12H2,1-3H3,(H,29,30)/t14-/m1/s1. The Labute approximate surface area is 180 Å². The summed E-state index contributed by atoms with van der Waals surface area (Å²) in [4.78, 5) is 23.0. The minimum atomic E-state index is -0.990. The molecule has 1 fully saturated rings. The first-order chi connectivity index (χ1) is 14.9. The van der Waals surface area contributed by atoms with Crippen molar-refractivity contribution in [1.82, 2.24) is 9.97 Å². The SMILES string of the molecule is COC1CN(c2nc3c([C@@H](C)Nc4ccccc4C(=O)O)cc(C)cc3nc2C#N)C1. The first kappa shape index (κ1) is 20.6. The van der Waals surface area contributed by atoms with Gasteiger partial charge < -0.3 is 20.1 Å². The lowest BCUT2D eigenvalue weighted by Crippen LogP contribution is -2.52. The summed E-state index contributed by atoms with van der Waals surface area (Å²) in [6.45, 7) is 5.23. The van der Waals surface area contributed by atoms with Crippen molar-refractivity contribution >= 4 is 28.5 Å². The third kappa shape index (κ3) is 3.88. The minimum Gasteiger partial charge on any atom is -0.478 e. The van der Waals surface area contributed by atoms with Gasteiger partial charge in [0.25, 0.3) is 0 Å². The van der Waals surface area contributed by atoms with Crippen molar-refractivity contribution in [1.29, 1.82) is 5.26 Å². The van der Waals surface area contributed by atoms with Crippen molar-refractivity contribution in [2.75, 3.05) is 30.4 Å². The zero-order valence-electron chi connectivity index (χ0n) is 17.6. The lowest BCUT2D eigenvalue weighted by Gasteiger charge is -2.39. The number of fused-ring (bicyclic) bond motifs is 1. The number of carbonyl (C=O) groups is 1. The number of hydrogen-bond acceptors (Lipinski definition) is 7.